The van der Waals surface area contributed by atoms with Crippen LogP contribution in [0, 0.1) is 11.3 Å². The van der Waals surface area contributed by atoms with Gasteiger partial charge in [-0.1, -0.05) is 6.07 Å². The number of carbonyl (C=O) groups excluding carboxylic acids is 1. The molecule has 3 aromatic rings. The average Bonchev–Trinajstić information content (AvgIpc) is 2.93. The maximum absolute atomic E-state index is 12.0. The summed E-state index contributed by atoms with van der Waals surface area (Å²) in [6.45, 7) is 0. The fraction of sp³-hybridized carbons (Fsp3) is 0.118. The van der Waals surface area contributed by atoms with Crippen LogP contribution in [0.2, 0.25) is 0 Å². The number of carbonyl (C=O) groups is 1. The predicted molar refractivity (Wildman–Crippen MR) is 84.9 cm³/mol. The fourth-order valence-electron chi connectivity index (χ4n) is 2.26. The molecular formula is C17H13N3O3. The number of anilines is 1. The quantitative estimate of drug-likeness (QED) is 0.773. The van der Waals surface area contributed by atoms with E-state index < -0.39 is 5.76 Å². The van der Waals surface area contributed by atoms with Crippen molar-refractivity contribution in [3.63, 3.8) is 0 Å². The zero-order valence-corrected chi connectivity index (χ0v) is 12.1. The Kier molecular flexibility index (Phi) is 3.93. The van der Waals surface area contributed by atoms with Crippen LogP contribution in [0.15, 0.2) is 51.7 Å². The number of nitriles is 1. The molecule has 1 amide bonds. The highest BCUT2D eigenvalue weighted by atomic mass is 16.4. The number of nitrogens with one attached hydrogen (secondary N) is 2. The third kappa shape index (κ3) is 3.47. The Morgan fingerprint density at radius 3 is 2.74 bits per heavy atom. The summed E-state index contributed by atoms with van der Waals surface area (Å²) in [7, 11) is 0. The Morgan fingerprint density at radius 1 is 1.22 bits per heavy atom. The minimum absolute atomic E-state index is 0.115. The second-order valence-corrected chi connectivity index (χ2v) is 5.08. The van der Waals surface area contributed by atoms with Gasteiger partial charge in [-0.2, -0.15) is 5.26 Å². The number of fused-ring (bicyclic) bond motifs is 1. The molecule has 6 nitrogen and oxygen atoms in total. The monoisotopic (exact) mass is 307 g/mol. The molecule has 2 aromatic carbocycles. The van der Waals surface area contributed by atoms with Crippen LogP contribution in [-0.2, 0) is 11.2 Å². The third-order valence-electron chi connectivity index (χ3n) is 3.42. The average molecular weight is 307 g/mol. The van der Waals surface area contributed by atoms with Crippen LogP contribution in [0.4, 0.5) is 5.69 Å². The highest BCUT2D eigenvalue weighted by molar-refractivity contribution is 5.90. The van der Waals surface area contributed by atoms with Crippen LogP contribution >= 0.6 is 0 Å². The molecule has 114 valence electrons. The van der Waals surface area contributed by atoms with E-state index in [4.69, 9.17) is 9.68 Å². The van der Waals surface area contributed by atoms with Gasteiger partial charge in [-0.25, -0.2) is 4.79 Å². The number of aromatic nitrogens is 1. The number of rotatable bonds is 4. The van der Waals surface area contributed by atoms with E-state index in [9.17, 15) is 9.59 Å². The SMILES string of the molecule is N#Cc1ccc(NC(=O)CCc2ccc3oc(=O)[nH]c3c2)cc1. The van der Waals surface area contributed by atoms with Crippen LogP contribution in [0.1, 0.15) is 17.5 Å². The van der Waals surface area contributed by atoms with Gasteiger partial charge in [-0.15, -0.1) is 0 Å². The first-order chi connectivity index (χ1) is 11.1. The van der Waals surface area contributed by atoms with E-state index in [-0.39, 0.29) is 5.91 Å². The van der Waals surface area contributed by atoms with Gasteiger partial charge in [0, 0.05) is 12.1 Å². The summed E-state index contributed by atoms with van der Waals surface area (Å²) in [6, 6.07) is 14.1. The number of benzene rings is 2. The van der Waals surface area contributed by atoms with Crippen molar-refractivity contribution < 1.29 is 9.21 Å². The molecule has 0 radical (unpaired) electrons. The standard InChI is InChI=1S/C17H13N3O3/c18-10-12-1-5-13(6-2-12)19-16(21)8-4-11-3-7-15-14(9-11)20-17(22)23-15/h1-3,5-7,9H,4,8H2,(H,19,21)(H,20,22). The number of nitrogens with zero attached hydrogens (tertiary/aromatic N) is 1. The van der Waals surface area contributed by atoms with Gasteiger partial charge in [-0.05, 0) is 48.4 Å². The number of H-pyrrole nitrogens is 1. The molecule has 0 unspecified atom stereocenters. The largest absolute Gasteiger partial charge is 0.417 e. The van der Waals surface area contributed by atoms with Gasteiger partial charge in [0.2, 0.25) is 5.91 Å². The summed E-state index contributed by atoms with van der Waals surface area (Å²) in [5.41, 5.74) is 3.26. The highest BCUT2D eigenvalue weighted by Gasteiger charge is 2.06. The van der Waals surface area contributed by atoms with Crippen molar-refractivity contribution in [2.24, 2.45) is 0 Å². The maximum atomic E-state index is 12.0. The van der Waals surface area contributed by atoms with Crippen LogP contribution < -0.4 is 11.1 Å². The molecule has 0 saturated carbocycles. The van der Waals surface area contributed by atoms with Crippen LogP contribution in [-0.4, -0.2) is 10.9 Å². The van der Waals surface area contributed by atoms with E-state index in [1.165, 1.54) is 0 Å². The van der Waals surface area contributed by atoms with E-state index in [1.807, 2.05) is 12.1 Å². The summed E-state index contributed by atoms with van der Waals surface area (Å²) in [5.74, 6) is -0.605. The lowest BCUT2D eigenvalue weighted by atomic mass is 10.1. The zero-order chi connectivity index (χ0) is 16.2. The van der Waals surface area contributed by atoms with Gasteiger partial charge in [-0.3, -0.25) is 9.78 Å². The predicted octanol–water partition coefficient (Wildman–Crippen LogP) is 2.56. The second-order valence-electron chi connectivity index (χ2n) is 5.08. The number of oxazole rings is 1. The molecular weight excluding hydrogens is 294 g/mol. The first kappa shape index (κ1) is 14.6. The highest BCUT2D eigenvalue weighted by Crippen LogP contribution is 2.14. The van der Waals surface area contributed by atoms with Gasteiger partial charge >= 0.3 is 5.76 Å². The first-order valence-electron chi connectivity index (χ1n) is 7.06. The van der Waals surface area contributed by atoms with Gasteiger partial charge < -0.3 is 9.73 Å². The number of hydrogen-bond donors (Lipinski definition) is 2. The molecule has 0 spiro atoms. The molecule has 0 bridgehead atoms. The number of hydrogen-bond acceptors (Lipinski definition) is 4. The number of aryl methyl sites for hydroxylation is 1. The van der Waals surface area contributed by atoms with Crippen molar-refractivity contribution in [2.45, 2.75) is 12.8 Å². The fourth-order valence-corrected chi connectivity index (χ4v) is 2.26. The Balaban J connectivity index is 1.60. The molecule has 0 aliphatic rings. The number of amides is 1. The molecule has 0 aliphatic carbocycles. The van der Waals surface area contributed by atoms with E-state index in [0.29, 0.717) is 35.2 Å². The Labute approximate surface area is 131 Å². The van der Waals surface area contributed by atoms with E-state index in [1.54, 1.807) is 36.4 Å². The molecule has 0 saturated heterocycles. The normalized spacial score (nSPS) is 10.4. The van der Waals surface area contributed by atoms with Gasteiger partial charge in [0.05, 0.1) is 17.1 Å². The van der Waals surface area contributed by atoms with Crippen molar-refractivity contribution in [3.8, 4) is 6.07 Å². The lowest BCUT2D eigenvalue weighted by Gasteiger charge is -2.05. The lowest BCUT2D eigenvalue weighted by molar-refractivity contribution is -0.116. The van der Waals surface area contributed by atoms with Crippen LogP contribution in [0.25, 0.3) is 11.1 Å². The molecule has 2 N–H and O–H groups in total. The first-order valence-corrected chi connectivity index (χ1v) is 7.06. The van der Waals surface area contributed by atoms with Crippen molar-refractivity contribution in [1.29, 1.82) is 5.26 Å². The Bertz CT molecular complexity index is 946. The van der Waals surface area contributed by atoms with E-state index >= 15 is 0 Å². The smallest absolute Gasteiger partial charge is 0.408 e. The molecule has 3 rings (SSSR count). The minimum atomic E-state index is -0.490. The molecule has 1 heterocycles. The summed E-state index contributed by atoms with van der Waals surface area (Å²) >= 11 is 0. The van der Waals surface area contributed by atoms with Gasteiger partial charge in [0.25, 0.3) is 0 Å². The van der Waals surface area contributed by atoms with Crippen molar-refractivity contribution in [2.75, 3.05) is 5.32 Å². The third-order valence-corrected chi connectivity index (χ3v) is 3.42. The Morgan fingerprint density at radius 2 is 2.00 bits per heavy atom. The molecule has 0 atom stereocenters. The molecule has 0 fully saturated rings. The summed E-state index contributed by atoms with van der Waals surface area (Å²) in [4.78, 5) is 25.7. The van der Waals surface area contributed by atoms with E-state index in [0.717, 1.165) is 5.56 Å². The molecule has 6 heteroatoms. The van der Waals surface area contributed by atoms with Crippen LogP contribution in [0.3, 0.4) is 0 Å². The topological polar surface area (TPSA) is 98.9 Å². The number of aromatic amines is 1. The van der Waals surface area contributed by atoms with Crippen molar-refractivity contribution in [3.05, 3.63) is 64.1 Å². The zero-order valence-electron chi connectivity index (χ0n) is 12.1. The van der Waals surface area contributed by atoms with Crippen LogP contribution in [0.5, 0.6) is 0 Å². The maximum Gasteiger partial charge on any atom is 0.417 e. The summed E-state index contributed by atoms with van der Waals surface area (Å²) in [6.07, 6.45) is 0.860. The molecule has 0 aliphatic heterocycles. The second kappa shape index (κ2) is 6.20. The molecule has 1 aromatic heterocycles. The molecule has 23 heavy (non-hydrogen) atoms. The minimum Gasteiger partial charge on any atom is -0.408 e. The van der Waals surface area contributed by atoms with Crippen molar-refractivity contribution >= 4 is 22.7 Å². The lowest BCUT2D eigenvalue weighted by Crippen LogP contribution is -2.12. The van der Waals surface area contributed by atoms with Gasteiger partial charge in [0.15, 0.2) is 5.58 Å². The van der Waals surface area contributed by atoms with E-state index in [2.05, 4.69) is 10.3 Å². The Hall–Kier alpha value is -3.33. The summed E-state index contributed by atoms with van der Waals surface area (Å²) in [5, 5.41) is 11.5. The van der Waals surface area contributed by atoms with Gasteiger partial charge in [0.1, 0.15) is 0 Å². The summed E-state index contributed by atoms with van der Waals surface area (Å²) < 4.78 is 4.93. The van der Waals surface area contributed by atoms with Crippen molar-refractivity contribution in [1.82, 2.24) is 4.98 Å².